The second-order valence-corrected chi connectivity index (χ2v) is 11.6. The Hall–Kier alpha value is -2.51. The second kappa shape index (κ2) is 11.3. The van der Waals surface area contributed by atoms with Gasteiger partial charge in [-0.2, -0.15) is 4.31 Å². The molecule has 0 atom stereocenters. The van der Waals surface area contributed by atoms with Gasteiger partial charge in [0.05, 0.1) is 9.79 Å². The SMILES string of the molecule is CCCNS(=O)(=O)c1ccc(OCC(=O)Nc2ccc(S(=O)(=O)N3CCN(C)CC3)cc2)cc1. The van der Waals surface area contributed by atoms with Crippen LogP contribution in [-0.2, 0) is 24.8 Å². The van der Waals surface area contributed by atoms with Crippen molar-refractivity contribution in [3.05, 3.63) is 48.5 Å². The van der Waals surface area contributed by atoms with Crippen molar-refractivity contribution >= 4 is 31.6 Å². The molecule has 1 heterocycles. The second-order valence-electron chi connectivity index (χ2n) is 7.94. The fourth-order valence-corrected chi connectivity index (χ4v) is 5.82. The van der Waals surface area contributed by atoms with Crippen molar-refractivity contribution in [2.45, 2.75) is 23.1 Å². The van der Waals surface area contributed by atoms with Crippen LogP contribution in [0.4, 0.5) is 5.69 Å². The maximum absolute atomic E-state index is 12.8. The number of anilines is 1. The summed E-state index contributed by atoms with van der Waals surface area (Å²) >= 11 is 0. The molecule has 0 unspecified atom stereocenters. The van der Waals surface area contributed by atoms with E-state index in [1.165, 1.54) is 52.8 Å². The summed E-state index contributed by atoms with van der Waals surface area (Å²) in [6.07, 6.45) is 0.685. The number of sulfonamides is 2. The highest BCUT2D eigenvalue weighted by molar-refractivity contribution is 7.89. The zero-order chi connectivity index (χ0) is 24.8. The normalized spacial score (nSPS) is 15.7. The van der Waals surface area contributed by atoms with E-state index in [9.17, 15) is 21.6 Å². The molecule has 1 aliphatic heterocycles. The Balaban J connectivity index is 1.52. The molecule has 12 heteroatoms. The number of ether oxygens (including phenoxy) is 1. The van der Waals surface area contributed by atoms with Gasteiger partial charge in [0.2, 0.25) is 20.0 Å². The number of hydrogen-bond acceptors (Lipinski definition) is 7. The fourth-order valence-electron chi connectivity index (χ4n) is 3.27. The smallest absolute Gasteiger partial charge is 0.262 e. The summed E-state index contributed by atoms with van der Waals surface area (Å²) in [4.78, 5) is 14.6. The van der Waals surface area contributed by atoms with Crippen LogP contribution in [0, 0.1) is 0 Å². The van der Waals surface area contributed by atoms with Crippen LogP contribution in [0.25, 0.3) is 0 Å². The molecule has 0 aliphatic carbocycles. The average molecular weight is 511 g/mol. The molecule has 0 spiro atoms. The van der Waals surface area contributed by atoms with Gasteiger partial charge in [0.1, 0.15) is 5.75 Å². The first-order chi connectivity index (χ1) is 16.1. The molecule has 186 valence electrons. The fraction of sp³-hybridized carbons (Fsp3) is 0.409. The Bertz CT molecular complexity index is 1170. The molecule has 0 aromatic heterocycles. The number of hydrogen-bond donors (Lipinski definition) is 2. The molecule has 10 nitrogen and oxygen atoms in total. The van der Waals surface area contributed by atoms with E-state index in [2.05, 4.69) is 14.9 Å². The van der Waals surface area contributed by atoms with E-state index >= 15 is 0 Å². The van der Waals surface area contributed by atoms with Crippen molar-refractivity contribution in [2.75, 3.05) is 51.7 Å². The zero-order valence-corrected chi connectivity index (χ0v) is 20.9. The third-order valence-corrected chi connectivity index (χ3v) is 8.67. The first kappa shape index (κ1) is 26.1. The van der Waals surface area contributed by atoms with Gasteiger partial charge in [-0.25, -0.2) is 21.6 Å². The summed E-state index contributed by atoms with van der Waals surface area (Å²) in [5.74, 6) is -0.0887. The summed E-state index contributed by atoms with van der Waals surface area (Å²) in [5, 5.41) is 2.65. The number of amides is 1. The van der Waals surface area contributed by atoms with Crippen LogP contribution in [-0.4, -0.2) is 78.3 Å². The molecule has 34 heavy (non-hydrogen) atoms. The topological polar surface area (TPSA) is 125 Å². The van der Waals surface area contributed by atoms with Gasteiger partial charge in [-0.1, -0.05) is 6.92 Å². The number of carbonyl (C=O) groups excluding carboxylic acids is 1. The quantitative estimate of drug-likeness (QED) is 0.494. The lowest BCUT2D eigenvalue weighted by Crippen LogP contribution is -2.46. The maximum Gasteiger partial charge on any atom is 0.262 e. The zero-order valence-electron chi connectivity index (χ0n) is 19.2. The minimum absolute atomic E-state index is 0.115. The van der Waals surface area contributed by atoms with Gasteiger partial charge in [-0.05, 0) is 62.0 Å². The molecule has 2 aromatic rings. The van der Waals surface area contributed by atoms with Crippen LogP contribution in [0.15, 0.2) is 58.3 Å². The largest absolute Gasteiger partial charge is 0.484 e. The lowest BCUT2D eigenvalue weighted by molar-refractivity contribution is -0.118. The van der Waals surface area contributed by atoms with Crippen LogP contribution in [0.3, 0.4) is 0 Å². The van der Waals surface area contributed by atoms with Crippen LogP contribution in [0.5, 0.6) is 5.75 Å². The third-order valence-electron chi connectivity index (χ3n) is 5.28. The predicted octanol–water partition coefficient (Wildman–Crippen LogP) is 1.33. The minimum atomic E-state index is -3.57. The van der Waals surface area contributed by atoms with Crippen molar-refractivity contribution < 1.29 is 26.4 Å². The van der Waals surface area contributed by atoms with Crippen LogP contribution >= 0.6 is 0 Å². The molecule has 1 amide bonds. The number of nitrogens with one attached hydrogen (secondary N) is 2. The molecule has 1 fully saturated rings. The van der Waals surface area contributed by atoms with Crippen molar-refractivity contribution in [3.8, 4) is 5.75 Å². The Morgan fingerprint density at radius 2 is 1.50 bits per heavy atom. The van der Waals surface area contributed by atoms with Crippen LogP contribution in [0.2, 0.25) is 0 Å². The molecule has 3 rings (SSSR count). The highest BCUT2D eigenvalue weighted by Crippen LogP contribution is 2.20. The lowest BCUT2D eigenvalue weighted by Gasteiger charge is -2.31. The van der Waals surface area contributed by atoms with Crippen molar-refractivity contribution in [2.24, 2.45) is 0 Å². The van der Waals surface area contributed by atoms with Gasteiger partial charge in [0.15, 0.2) is 6.61 Å². The van der Waals surface area contributed by atoms with Gasteiger partial charge in [-0.3, -0.25) is 4.79 Å². The van der Waals surface area contributed by atoms with Crippen molar-refractivity contribution in [3.63, 3.8) is 0 Å². The lowest BCUT2D eigenvalue weighted by atomic mass is 10.3. The first-order valence-corrected chi connectivity index (χ1v) is 13.9. The van der Waals surface area contributed by atoms with Crippen LogP contribution < -0.4 is 14.8 Å². The Kier molecular flexibility index (Phi) is 8.66. The van der Waals surface area contributed by atoms with E-state index in [1.807, 2.05) is 14.0 Å². The molecular weight excluding hydrogens is 480 g/mol. The third kappa shape index (κ3) is 6.76. The maximum atomic E-state index is 12.8. The van der Waals surface area contributed by atoms with Gasteiger partial charge < -0.3 is 15.0 Å². The number of carbonyl (C=O) groups is 1. The van der Waals surface area contributed by atoms with Crippen LogP contribution in [0.1, 0.15) is 13.3 Å². The molecule has 0 saturated carbocycles. The van der Waals surface area contributed by atoms with Gasteiger partial charge in [0.25, 0.3) is 5.91 Å². The molecule has 0 bridgehead atoms. The minimum Gasteiger partial charge on any atom is -0.484 e. The Labute approximate surface area is 201 Å². The van der Waals surface area contributed by atoms with Gasteiger partial charge in [-0.15, -0.1) is 0 Å². The van der Waals surface area contributed by atoms with Gasteiger partial charge in [0, 0.05) is 38.4 Å². The summed E-state index contributed by atoms with van der Waals surface area (Å²) in [6, 6.07) is 11.8. The van der Waals surface area contributed by atoms with E-state index in [4.69, 9.17) is 4.74 Å². The summed E-state index contributed by atoms with van der Waals surface area (Å²) in [5.41, 5.74) is 0.439. The first-order valence-electron chi connectivity index (χ1n) is 10.9. The van der Waals surface area contributed by atoms with E-state index in [0.717, 1.165) is 0 Å². The Morgan fingerprint density at radius 3 is 2.09 bits per heavy atom. The molecule has 2 aromatic carbocycles. The number of likely N-dealkylation sites (N-methyl/N-ethyl adjacent to an activating group) is 1. The number of piperazine rings is 1. The molecular formula is C22H30N4O6S2. The Morgan fingerprint density at radius 1 is 0.912 bits per heavy atom. The van der Waals surface area contributed by atoms with Gasteiger partial charge >= 0.3 is 0 Å². The summed E-state index contributed by atoms with van der Waals surface area (Å²) in [7, 11) is -5.19. The van der Waals surface area contributed by atoms with Crippen molar-refractivity contribution in [1.82, 2.24) is 13.9 Å². The number of rotatable bonds is 10. The number of benzene rings is 2. The van der Waals surface area contributed by atoms with E-state index in [0.29, 0.717) is 50.6 Å². The number of nitrogens with zero attached hydrogens (tertiary/aromatic N) is 2. The molecule has 1 aliphatic rings. The summed E-state index contributed by atoms with van der Waals surface area (Å²) in [6.45, 7) is 4.18. The van der Waals surface area contributed by atoms with Crippen molar-refractivity contribution in [1.29, 1.82) is 0 Å². The highest BCUT2D eigenvalue weighted by atomic mass is 32.2. The summed E-state index contributed by atoms with van der Waals surface area (Å²) < 4.78 is 59.1. The average Bonchev–Trinajstić information content (AvgIpc) is 2.82. The highest BCUT2D eigenvalue weighted by Gasteiger charge is 2.27. The molecule has 2 N–H and O–H groups in total. The van der Waals surface area contributed by atoms with E-state index in [1.54, 1.807) is 0 Å². The standard InChI is InChI=1S/C22H30N4O6S2/c1-3-12-23-33(28,29)20-10-6-19(7-11-20)32-17-22(27)24-18-4-8-21(9-5-18)34(30,31)26-15-13-25(2)14-16-26/h4-11,23H,3,12-17H2,1-2H3,(H,24,27). The van der Waals surface area contributed by atoms with E-state index < -0.39 is 26.0 Å². The predicted molar refractivity (Wildman–Crippen MR) is 129 cm³/mol. The monoisotopic (exact) mass is 510 g/mol. The van der Waals surface area contributed by atoms with E-state index in [-0.39, 0.29) is 16.4 Å². The molecule has 0 radical (unpaired) electrons. The molecule has 1 saturated heterocycles.